The molecule has 104 valence electrons. The lowest BCUT2D eigenvalue weighted by Crippen LogP contribution is -2.36. The van der Waals surface area contributed by atoms with E-state index in [9.17, 15) is 0 Å². The van der Waals surface area contributed by atoms with Crippen molar-refractivity contribution in [1.29, 1.82) is 0 Å². The van der Waals surface area contributed by atoms with Crippen LogP contribution >= 0.6 is 0 Å². The number of hydrogen-bond donors (Lipinski definition) is 1. The van der Waals surface area contributed by atoms with Gasteiger partial charge in [0.2, 0.25) is 0 Å². The SMILES string of the molecule is CCCNC(COCCOC)Cc1ccn(C)n1. The smallest absolute Gasteiger partial charge is 0.0701 e. The largest absolute Gasteiger partial charge is 0.382 e. The summed E-state index contributed by atoms with van der Waals surface area (Å²) in [4.78, 5) is 0. The average Bonchev–Trinajstić information content (AvgIpc) is 2.77. The van der Waals surface area contributed by atoms with Gasteiger partial charge in [0.25, 0.3) is 0 Å². The van der Waals surface area contributed by atoms with Gasteiger partial charge in [-0.2, -0.15) is 5.10 Å². The molecule has 5 nitrogen and oxygen atoms in total. The van der Waals surface area contributed by atoms with Gasteiger partial charge >= 0.3 is 0 Å². The normalized spacial score (nSPS) is 12.8. The lowest BCUT2D eigenvalue weighted by atomic mass is 10.1. The van der Waals surface area contributed by atoms with Crippen molar-refractivity contribution in [3.8, 4) is 0 Å². The van der Waals surface area contributed by atoms with Crippen LogP contribution in [0.3, 0.4) is 0 Å². The molecule has 5 heteroatoms. The van der Waals surface area contributed by atoms with Crippen LogP contribution in [0, 0.1) is 0 Å². The molecule has 0 spiro atoms. The van der Waals surface area contributed by atoms with Gasteiger partial charge in [-0.1, -0.05) is 6.92 Å². The zero-order valence-corrected chi connectivity index (χ0v) is 11.7. The molecule has 0 bridgehead atoms. The van der Waals surface area contributed by atoms with Gasteiger partial charge in [0.1, 0.15) is 0 Å². The lowest BCUT2D eigenvalue weighted by molar-refractivity contribution is 0.0586. The van der Waals surface area contributed by atoms with Crippen molar-refractivity contribution in [1.82, 2.24) is 15.1 Å². The van der Waals surface area contributed by atoms with E-state index < -0.39 is 0 Å². The van der Waals surface area contributed by atoms with E-state index in [0.717, 1.165) is 25.1 Å². The van der Waals surface area contributed by atoms with E-state index in [2.05, 4.69) is 23.4 Å². The summed E-state index contributed by atoms with van der Waals surface area (Å²) >= 11 is 0. The van der Waals surface area contributed by atoms with Crippen LogP contribution in [-0.2, 0) is 22.9 Å². The Morgan fingerprint density at radius 1 is 1.44 bits per heavy atom. The third-order valence-electron chi connectivity index (χ3n) is 2.66. The number of aromatic nitrogens is 2. The van der Waals surface area contributed by atoms with E-state index in [1.807, 2.05) is 17.9 Å². The maximum atomic E-state index is 5.59. The molecule has 0 saturated carbocycles. The predicted octanol–water partition coefficient (Wildman–Crippen LogP) is 0.994. The number of rotatable bonds is 10. The Bertz CT molecular complexity index is 315. The number of aryl methyl sites for hydroxylation is 1. The Morgan fingerprint density at radius 2 is 2.28 bits per heavy atom. The Morgan fingerprint density at radius 3 is 2.89 bits per heavy atom. The molecule has 18 heavy (non-hydrogen) atoms. The number of ether oxygens (including phenoxy) is 2. The van der Waals surface area contributed by atoms with Gasteiger partial charge in [-0.25, -0.2) is 0 Å². The Hall–Kier alpha value is -0.910. The summed E-state index contributed by atoms with van der Waals surface area (Å²) in [6.45, 7) is 5.15. The van der Waals surface area contributed by atoms with E-state index in [4.69, 9.17) is 9.47 Å². The van der Waals surface area contributed by atoms with Gasteiger partial charge in [-0.15, -0.1) is 0 Å². The van der Waals surface area contributed by atoms with E-state index in [1.54, 1.807) is 7.11 Å². The van der Waals surface area contributed by atoms with Gasteiger partial charge in [0.05, 0.1) is 25.5 Å². The van der Waals surface area contributed by atoms with Crippen molar-refractivity contribution in [2.75, 3.05) is 33.5 Å². The van der Waals surface area contributed by atoms with Crippen molar-refractivity contribution < 1.29 is 9.47 Å². The average molecular weight is 255 g/mol. The minimum Gasteiger partial charge on any atom is -0.382 e. The summed E-state index contributed by atoms with van der Waals surface area (Å²) in [6, 6.07) is 2.37. The number of hydrogen-bond acceptors (Lipinski definition) is 4. The van der Waals surface area contributed by atoms with E-state index in [0.29, 0.717) is 25.9 Å². The molecule has 0 aliphatic heterocycles. The first-order chi connectivity index (χ1) is 8.76. The van der Waals surface area contributed by atoms with Crippen molar-refractivity contribution in [2.45, 2.75) is 25.8 Å². The minimum absolute atomic E-state index is 0.316. The third kappa shape index (κ3) is 6.14. The second-order valence-corrected chi connectivity index (χ2v) is 4.40. The fourth-order valence-electron chi connectivity index (χ4n) is 1.73. The first-order valence-corrected chi connectivity index (χ1v) is 6.54. The first kappa shape index (κ1) is 15.1. The minimum atomic E-state index is 0.316. The molecule has 1 aromatic rings. The quantitative estimate of drug-likeness (QED) is 0.634. The Balaban J connectivity index is 2.34. The summed E-state index contributed by atoms with van der Waals surface area (Å²) in [7, 11) is 3.62. The topological polar surface area (TPSA) is 48.3 Å². The maximum Gasteiger partial charge on any atom is 0.0701 e. The molecular weight excluding hydrogens is 230 g/mol. The maximum absolute atomic E-state index is 5.59. The molecular formula is C13H25N3O2. The summed E-state index contributed by atoms with van der Waals surface area (Å²) in [6.07, 6.45) is 3.99. The number of methoxy groups -OCH3 is 1. The first-order valence-electron chi connectivity index (χ1n) is 6.54. The van der Waals surface area contributed by atoms with Crippen LogP contribution in [0.4, 0.5) is 0 Å². The zero-order chi connectivity index (χ0) is 13.2. The molecule has 1 unspecified atom stereocenters. The number of nitrogens with one attached hydrogen (secondary N) is 1. The van der Waals surface area contributed by atoms with Crippen LogP contribution in [0.25, 0.3) is 0 Å². The van der Waals surface area contributed by atoms with Crippen molar-refractivity contribution in [2.24, 2.45) is 7.05 Å². The lowest BCUT2D eigenvalue weighted by Gasteiger charge is -2.17. The highest BCUT2D eigenvalue weighted by Crippen LogP contribution is 2.01. The molecule has 1 atom stereocenters. The molecule has 1 aromatic heterocycles. The highest BCUT2D eigenvalue weighted by molar-refractivity contribution is 5.01. The van der Waals surface area contributed by atoms with Gasteiger partial charge in [0.15, 0.2) is 0 Å². The van der Waals surface area contributed by atoms with Crippen molar-refractivity contribution >= 4 is 0 Å². The third-order valence-corrected chi connectivity index (χ3v) is 2.66. The predicted molar refractivity (Wildman–Crippen MR) is 71.7 cm³/mol. The summed E-state index contributed by atoms with van der Waals surface area (Å²) in [5, 5.41) is 7.89. The van der Waals surface area contributed by atoms with Gasteiger partial charge in [-0.05, 0) is 19.0 Å². The van der Waals surface area contributed by atoms with Gasteiger partial charge in [0, 0.05) is 32.8 Å². The fourth-order valence-corrected chi connectivity index (χ4v) is 1.73. The molecule has 0 aromatic carbocycles. The molecule has 0 aliphatic rings. The van der Waals surface area contributed by atoms with E-state index >= 15 is 0 Å². The standard InChI is InChI=1S/C13H25N3O2/c1-4-6-14-13(11-18-9-8-17-3)10-12-5-7-16(2)15-12/h5,7,13-14H,4,6,8-11H2,1-3H3. The molecule has 0 saturated heterocycles. The van der Waals surface area contributed by atoms with Crippen LogP contribution < -0.4 is 5.32 Å². The molecule has 1 heterocycles. The van der Waals surface area contributed by atoms with Crippen LogP contribution in [0.2, 0.25) is 0 Å². The highest BCUT2D eigenvalue weighted by Gasteiger charge is 2.10. The Kier molecular flexibility index (Phi) is 7.64. The highest BCUT2D eigenvalue weighted by atomic mass is 16.5. The summed E-state index contributed by atoms with van der Waals surface area (Å²) in [5.41, 5.74) is 1.10. The van der Waals surface area contributed by atoms with E-state index in [-0.39, 0.29) is 0 Å². The Labute approximate surface area is 109 Å². The zero-order valence-electron chi connectivity index (χ0n) is 11.7. The van der Waals surface area contributed by atoms with E-state index in [1.165, 1.54) is 0 Å². The van der Waals surface area contributed by atoms with Crippen LogP contribution in [0.1, 0.15) is 19.0 Å². The van der Waals surface area contributed by atoms with Crippen molar-refractivity contribution in [3.63, 3.8) is 0 Å². The second-order valence-electron chi connectivity index (χ2n) is 4.40. The second kappa shape index (κ2) is 9.08. The molecule has 0 amide bonds. The van der Waals surface area contributed by atoms with Gasteiger partial charge in [-0.3, -0.25) is 4.68 Å². The summed E-state index contributed by atoms with van der Waals surface area (Å²) in [5.74, 6) is 0. The monoisotopic (exact) mass is 255 g/mol. The molecule has 0 radical (unpaired) electrons. The van der Waals surface area contributed by atoms with Crippen LogP contribution in [-0.4, -0.2) is 49.3 Å². The van der Waals surface area contributed by atoms with Crippen LogP contribution in [0.5, 0.6) is 0 Å². The molecule has 1 rings (SSSR count). The number of nitrogens with zero attached hydrogens (tertiary/aromatic N) is 2. The molecule has 0 fully saturated rings. The summed E-state index contributed by atoms with van der Waals surface area (Å²) < 4.78 is 12.4. The van der Waals surface area contributed by atoms with Crippen LogP contribution in [0.15, 0.2) is 12.3 Å². The molecule has 1 N–H and O–H groups in total. The fraction of sp³-hybridized carbons (Fsp3) is 0.769. The van der Waals surface area contributed by atoms with Gasteiger partial charge < -0.3 is 14.8 Å². The molecule has 0 aliphatic carbocycles. The van der Waals surface area contributed by atoms with Crippen molar-refractivity contribution in [3.05, 3.63) is 18.0 Å².